The van der Waals surface area contributed by atoms with Crippen molar-refractivity contribution < 1.29 is 40.7 Å². The van der Waals surface area contributed by atoms with Crippen LogP contribution in [-0.2, 0) is 31.2 Å². The second kappa shape index (κ2) is 12.8. The first kappa shape index (κ1) is 35.3. The van der Waals surface area contributed by atoms with Crippen LogP contribution in [0.25, 0.3) is 0 Å². The normalized spacial score (nSPS) is 12.7. The minimum absolute atomic E-state index is 0.0533. The molecule has 0 aliphatic heterocycles. The molecule has 0 fully saturated rings. The SMILES string of the molecule is CC(C)(O)c1ccc(S(N)(=O)=O)o1.CC(C)c1cc(Cl)cc(C(C)C)c1NC(=O)NS(=O)(=O)c1ccc(C(C)(C)O)o1. The summed E-state index contributed by atoms with van der Waals surface area (Å²) in [6.07, 6.45) is 0. The third-order valence-corrected chi connectivity index (χ3v) is 7.99. The fraction of sp³-hybridized carbons (Fsp3) is 0.444. The van der Waals surface area contributed by atoms with Crippen LogP contribution in [0.2, 0.25) is 5.02 Å². The molecule has 3 aromatic rings. The van der Waals surface area contributed by atoms with Crippen molar-refractivity contribution in [3.05, 3.63) is 64.1 Å². The molecule has 234 valence electrons. The summed E-state index contributed by atoms with van der Waals surface area (Å²) in [5, 5.41) is 26.6. The van der Waals surface area contributed by atoms with Crippen molar-refractivity contribution in [2.45, 2.75) is 88.6 Å². The average Bonchev–Trinajstić information content (AvgIpc) is 3.50. The molecule has 0 aliphatic rings. The van der Waals surface area contributed by atoms with E-state index >= 15 is 0 Å². The topological polar surface area (TPSA) is 202 Å². The van der Waals surface area contributed by atoms with Gasteiger partial charge in [0, 0.05) is 10.7 Å². The number of hydrogen-bond acceptors (Lipinski definition) is 9. The Bertz CT molecular complexity index is 1600. The predicted octanol–water partition coefficient (Wildman–Crippen LogP) is 5.07. The number of furan rings is 2. The second-order valence-corrected chi connectivity index (χ2v) is 14.8. The molecule has 2 heterocycles. The zero-order chi connectivity index (χ0) is 32.4. The van der Waals surface area contributed by atoms with Crippen molar-refractivity contribution in [2.24, 2.45) is 5.14 Å². The van der Waals surface area contributed by atoms with Gasteiger partial charge in [-0.15, -0.1) is 0 Å². The van der Waals surface area contributed by atoms with Crippen molar-refractivity contribution in [3.63, 3.8) is 0 Å². The first-order chi connectivity index (χ1) is 18.9. The van der Waals surface area contributed by atoms with Crippen LogP contribution in [0, 0.1) is 0 Å². The molecule has 0 unspecified atom stereocenters. The standard InChI is InChI=1S/C20H27ClN2O5S.C7H11NO4S/c1-11(2)14-9-13(21)10-15(12(3)4)18(14)22-19(24)23-29(26,27)17-8-7-16(28-17)20(5,6)25;1-7(2,9)5-3-4-6(12-5)13(8,10)11/h7-12,25H,1-6H3,(H2,22,23,24);3-4,9H,1-2H3,(H2,8,10,11). The van der Waals surface area contributed by atoms with Crippen molar-refractivity contribution >= 4 is 43.4 Å². The van der Waals surface area contributed by atoms with E-state index < -0.39 is 42.4 Å². The quantitative estimate of drug-likeness (QED) is 0.221. The highest BCUT2D eigenvalue weighted by molar-refractivity contribution is 7.90. The van der Waals surface area contributed by atoms with E-state index in [0.717, 1.165) is 11.1 Å². The number of halogens is 1. The number of primary sulfonamides is 1. The molecule has 2 aromatic heterocycles. The molecule has 15 heteroatoms. The van der Waals surface area contributed by atoms with Crippen molar-refractivity contribution in [1.29, 1.82) is 0 Å². The van der Waals surface area contributed by atoms with E-state index in [1.807, 2.05) is 32.4 Å². The summed E-state index contributed by atoms with van der Waals surface area (Å²) in [7, 11) is -8.08. The first-order valence-corrected chi connectivity index (χ1v) is 16.2. The molecule has 0 aliphatic carbocycles. The Morgan fingerprint density at radius 2 is 1.24 bits per heavy atom. The highest BCUT2D eigenvalue weighted by atomic mass is 35.5. The summed E-state index contributed by atoms with van der Waals surface area (Å²) >= 11 is 6.22. The van der Waals surface area contributed by atoms with Crippen LogP contribution in [0.15, 0.2) is 55.4 Å². The third-order valence-electron chi connectivity index (χ3n) is 5.79. The Balaban J connectivity index is 0.000000395. The highest BCUT2D eigenvalue weighted by Crippen LogP contribution is 2.35. The Morgan fingerprint density at radius 3 is 1.57 bits per heavy atom. The number of sulfonamides is 2. The smallest absolute Gasteiger partial charge is 0.333 e. The van der Waals surface area contributed by atoms with Gasteiger partial charge in [-0.2, -0.15) is 8.42 Å². The van der Waals surface area contributed by atoms with E-state index in [1.54, 1.807) is 12.1 Å². The van der Waals surface area contributed by atoms with E-state index in [1.165, 1.54) is 52.0 Å². The number of hydrogen-bond donors (Lipinski definition) is 5. The van der Waals surface area contributed by atoms with Gasteiger partial charge in [-0.05, 0) is 87.1 Å². The molecular formula is C27H38ClN3O9S2. The molecule has 1 aromatic carbocycles. The Labute approximate surface area is 251 Å². The van der Waals surface area contributed by atoms with E-state index in [0.29, 0.717) is 10.7 Å². The maximum atomic E-state index is 12.5. The number of benzene rings is 1. The van der Waals surface area contributed by atoms with Gasteiger partial charge >= 0.3 is 6.03 Å². The van der Waals surface area contributed by atoms with E-state index in [-0.39, 0.29) is 28.4 Å². The van der Waals surface area contributed by atoms with Gasteiger partial charge in [0.25, 0.3) is 20.0 Å². The molecule has 0 saturated heterocycles. The fourth-order valence-electron chi connectivity index (χ4n) is 3.61. The molecule has 0 bridgehead atoms. The summed E-state index contributed by atoms with van der Waals surface area (Å²) in [4.78, 5) is 12.5. The number of aliphatic hydroxyl groups is 2. The maximum Gasteiger partial charge on any atom is 0.333 e. The largest absolute Gasteiger partial charge is 0.445 e. The van der Waals surface area contributed by atoms with Crippen molar-refractivity contribution in [3.8, 4) is 0 Å². The molecule has 42 heavy (non-hydrogen) atoms. The molecule has 0 spiro atoms. The minimum Gasteiger partial charge on any atom is -0.445 e. The number of nitrogens with two attached hydrogens (primary N) is 1. The van der Waals surface area contributed by atoms with E-state index in [4.69, 9.17) is 25.6 Å². The average molecular weight is 648 g/mol. The highest BCUT2D eigenvalue weighted by Gasteiger charge is 2.28. The van der Waals surface area contributed by atoms with Gasteiger partial charge in [-0.25, -0.2) is 23.1 Å². The summed E-state index contributed by atoms with van der Waals surface area (Å²) in [5.41, 5.74) is -0.420. The predicted molar refractivity (Wildman–Crippen MR) is 158 cm³/mol. The zero-order valence-corrected chi connectivity index (χ0v) is 27.0. The van der Waals surface area contributed by atoms with Gasteiger partial charge in [0.05, 0.1) is 0 Å². The van der Waals surface area contributed by atoms with Crippen LogP contribution in [0.4, 0.5) is 10.5 Å². The van der Waals surface area contributed by atoms with Gasteiger partial charge in [0.15, 0.2) is 0 Å². The van der Waals surface area contributed by atoms with Crippen LogP contribution in [0.5, 0.6) is 0 Å². The van der Waals surface area contributed by atoms with Gasteiger partial charge in [-0.3, -0.25) is 0 Å². The lowest BCUT2D eigenvalue weighted by atomic mass is 9.92. The summed E-state index contributed by atoms with van der Waals surface area (Å²) in [6.45, 7) is 13.7. The number of amides is 2. The van der Waals surface area contributed by atoms with Crippen LogP contribution in [0.3, 0.4) is 0 Å². The first-order valence-electron chi connectivity index (χ1n) is 12.8. The van der Waals surface area contributed by atoms with Crippen LogP contribution in [-0.4, -0.2) is 33.1 Å². The Hall–Kier alpha value is -2.88. The molecular weight excluding hydrogens is 610 g/mol. The molecule has 0 radical (unpaired) electrons. The van der Waals surface area contributed by atoms with Gasteiger partial charge < -0.3 is 24.4 Å². The van der Waals surface area contributed by atoms with Gasteiger partial charge in [-0.1, -0.05) is 39.3 Å². The lowest BCUT2D eigenvalue weighted by Gasteiger charge is -2.21. The Kier molecular flexibility index (Phi) is 10.7. The summed E-state index contributed by atoms with van der Waals surface area (Å²) in [5.74, 6) is 0.340. The number of anilines is 1. The number of carbonyl (C=O) groups is 1. The van der Waals surface area contributed by atoms with Crippen LogP contribution in [0.1, 0.15) is 89.9 Å². The molecule has 0 saturated carbocycles. The minimum atomic E-state index is -4.26. The molecule has 3 rings (SSSR count). The number of rotatable bonds is 8. The molecule has 6 N–H and O–H groups in total. The lowest BCUT2D eigenvalue weighted by Crippen LogP contribution is -2.35. The zero-order valence-electron chi connectivity index (χ0n) is 24.6. The molecule has 12 nitrogen and oxygen atoms in total. The monoisotopic (exact) mass is 647 g/mol. The maximum absolute atomic E-state index is 12.5. The number of carbonyl (C=O) groups excluding carboxylic acids is 1. The van der Waals surface area contributed by atoms with E-state index in [2.05, 4.69) is 5.32 Å². The third kappa shape index (κ3) is 9.31. The van der Waals surface area contributed by atoms with Crippen molar-refractivity contribution in [1.82, 2.24) is 4.72 Å². The van der Waals surface area contributed by atoms with Crippen LogP contribution >= 0.6 is 11.6 Å². The summed E-state index contributed by atoms with van der Waals surface area (Å²) in [6, 6.07) is 7.71. The van der Waals surface area contributed by atoms with E-state index in [9.17, 15) is 31.8 Å². The van der Waals surface area contributed by atoms with Gasteiger partial charge in [0.1, 0.15) is 22.7 Å². The van der Waals surface area contributed by atoms with Gasteiger partial charge in [0.2, 0.25) is 10.2 Å². The summed E-state index contributed by atoms with van der Waals surface area (Å²) < 4.78 is 58.5. The number of nitrogens with one attached hydrogen (secondary N) is 2. The lowest BCUT2D eigenvalue weighted by molar-refractivity contribution is 0.0498. The molecule has 0 atom stereocenters. The van der Waals surface area contributed by atoms with Crippen LogP contribution < -0.4 is 15.2 Å². The van der Waals surface area contributed by atoms with Crippen molar-refractivity contribution in [2.75, 3.05) is 5.32 Å². The molecule has 2 amide bonds. The second-order valence-electron chi connectivity index (χ2n) is 11.2. The Morgan fingerprint density at radius 1 is 0.833 bits per heavy atom. The number of urea groups is 1. The fourth-order valence-corrected chi connectivity index (χ4v) is 5.15.